The number of nitrogens with one attached hydrogen (secondary N) is 1. The minimum Gasteiger partial charge on any atom is -0.478 e. The van der Waals surface area contributed by atoms with E-state index in [1.165, 1.54) is 12.8 Å². The zero-order valence-electron chi connectivity index (χ0n) is 14.9. The Labute approximate surface area is 153 Å². The number of aromatic amines is 1. The van der Waals surface area contributed by atoms with Crippen LogP contribution in [0.25, 0.3) is 11.1 Å². The molecule has 134 valence electrons. The maximum Gasteiger partial charge on any atom is 0.336 e. The lowest BCUT2D eigenvalue weighted by Gasteiger charge is -2.07. The number of aromatic nitrogens is 3. The Hall–Kier alpha value is -2.95. The predicted molar refractivity (Wildman–Crippen MR) is 101 cm³/mol. The molecule has 5 nitrogen and oxygen atoms in total. The lowest BCUT2D eigenvalue weighted by Crippen LogP contribution is -1.99. The number of rotatable bonds is 8. The fourth-order valence-corrected chi connectivity index (χ4v) is 2.98. The molecule has 0 unspecified atom stereocenters. The van der Waals surface area contributed by atoms with E-state index in [1.807, 2.05) is 36.4 Å². The lowest BCUT2D eigenvalue weighted by molar-refractivity contribution is 0.0697. The predicted octanol–water partition coefficient (Wildman–Crippen LogP) is 4.49. The van der Waals surface area contributed by atoms with Gasteiger partial charge in [-0.3, -0.25) is 5.10 Å². The van der Waals surface area contributed by atoms with Crippen molar-refractivity contribution in [2.75, 3.05) is 0 Å². The first-order valence-corrected chi connectivity index (χ1v) is 8.99. The summed E-state index contributed by atoms with van der Waals surface area (Å²) in [5, 5.41) is 16.6. The third kappa shape index (κ3) is 4.36. The van der Waals surface area contributed by atoms with Crippen molar-refractivity contribution in [3.8, 4) is 11.1 Å². The summed E-state index contributed by atoms with van der Waals surface area (Å²) in [6.45, 7) is 2.18. The molecule has 3 aromatic rings. The molecule has 0 saturated carbocycles. The third-order valence-corrected chi connectivity index (χ3v) is 4.38. The SMILES string of the molecule is CCCCCc1n[nH]c(Cc2ccc(-c3ccccc3C(=O)O)cc2)n1. The monoisotopic (exact) mass is 349 g/mol. The number of carboxylic acid groups (broad SMARTS) is 1. The minimum absolute atomic E-state index is 0.312. The van der Waals surface area contributed by atoms with E-state index in [4.69, 9.17) is 0 Å². The molecule has 0 bridgehead atoms. The second-order valence-corrected chi connectivity index (χ2v) is 6.38. The molecular formula is C21H23N3O2. The van der Waals surface area contributed by atoms with Crippen molar-refractivity contribution in [3.05, 3.63) is 71.3 Å². The normalized spacial score (nSPS) is 10.8. The molecule has 0 aliphatic heterocycles. The molecule has 2 N–H and O–H groups in total. The van der Waals surface area contributed by atoms with Gasteiger partial charge >= 0.3 is 5.97 Å². The molecule has 5 heteroatoms. The van der Waals surface area contributed by atoms with Gasteiger partial charge in [-0.2, -0.15) is 5.10 Å². The number of hydrogen-bond donors (Lipinski definition) is 2. The molecule has 0 atom stereocenters. The van der Waals surface area contributed by atoms with E-state index >= 15 is 0 Å². The Bertz CT molecular complexity index is 869. The molecule has 0 fully saturated rings. The second kappa shape index (κ2) is 8.43. The summed E-state index contributed by atoms with van der Waals surface area (Å²) >= 11 is 0. The van der Waals surface area contributed by atoms with E-state index in [0.717, 1.165) is 41.2 Å². The zero-order chi connectivity index (χ0) is 18.4. The fraction of sp³-hybridized carbons (Fsp3) is 0.286. The lowest BCUT2D eigenvalue weighted by atomic mass is 9.98. The molecule has 2 aromatic carbocycles. The first-order valence-electron chi connectivity index (χ1n) is 8.99. The molecule has 26 heavy (non-hydrogen) atoms. The minimum atomic E-state index is -0.915. The quantitative estimate of drug-likeness (QED) is 0.587. The molecule has 0 radical (unpaired) electrons. The highest BCUT2D eigenvalue weighted by molar-refractivity contribution is 5.95. The van der Waals surface area contributed by atoms with Gasteiger partial charge in [0.15, 0.2) is 5.82 Å². The molecule has 0 aliphatic rings. The van der Waals surface area contributed by atoms with Crippen LogP contribution in [0.5, 0.6) is 0 Å². The van der Waals surface area contributed by atoms with E-state index < -0.39 is 5.97 Å². The van der Waals surface area contributed by atoms with Crippen molar-refractivity contribution in [3.63, 3.8) is 0 Å². The molecule has 0 aliphatic carbocycles. The highest BCUT2D eigenvalue weighted by Gasteiger charge is 2.11. The number of carboxylic acids is 1. The van der Waals surface area contributed by atoms with E-state index in [2.05, 4.69) is 22.1 Å². The number of H-pyrrole nitrogens is 1. The van der Waals surface area contributed by atoms with Crippen molar-refractivity contribution >= 4 is 5.97 Å². The van der Waals surface area contributed by atoms with E-state index in [9.17, 15) is 9.90 Å². The third-order valence-electron chi connectivity index (χ3n) is 4.38. The van der Waals surface area contributed by atoms with Gasteiger partial charge < -0.3 is 5.11 Å². The van der Waals surface area contributed by atoms with Crippen LogP contribution in [0.2, 0.25) is 0 Å². The number of carbonyl (C=O) groups is 1. The summed E-state index contributed by atoms with van der Waals surface area (Å²) in [5.74, 6) is 0.817. The largest absolute Gasteiger partial charge is 0.478 e. The maximum atomic E-state index is 11.4. The summed E-state index contributed by atoms with van der Waals surface area (Å²) in [5.41, 5.74) is 3.04. The zero-order valence-corrected chi connectivity index (χ0v) is 14.9. The van der Waals surface area contributed by atoms with Gasteiger partial charge in [-0.1, -0.05) is 62.2 Å². The molecule has 3 rings (SSSR count). The van der Waals surface area contributed by atoms with E-state index in [0.29, 0.717) is 12.0 Å². The van der Waals surface area contributed by atoms with Crippen molar-refractivity contribution in [1.29, 1.82) is 0 Å². The summed E-state index contributed by atoms with van der Waals surface area (Å²) in [6, 6.07) is 15.0. The number of aromatic carboxylic acids is 1. The second-order valence-electron chi connectivity index (χ2n) is 6.38. The molecule has 1 aromatic heterocycles. The van der Waals surface area contributed by atoms with E-state index in [-0.39, 0.29) is 0 Å². The Morgan fingerprint density at radius 1 is 1.08 bits per heavy atom. The van der Waals surface area contributed by atoms with Gasteiger partial charge in [0.25, 0.3) is 0 Å². The van der Waals surface area contributed by atoms with Crippen LogP contribution in [0, 0.1) is 0 Å². The first-order chi connectivity index (χ1) is 12.7. The van der Waals surface area contributed by atoms with Gasteiger partial charge in [-0.25, -0.2) is 9.78 Å². The summed E-state index contributed by atoms with van der Waals surface area (Å²) in [7, 11) is 0. The van der Waals surface area contributed by atoms with Crippen LogP contribution in [0.15, 0.2) is 48.5 Å². The summed E-state index contributed by atoms with van der Waals surface area (Å²) < 4.78 is 0. The van der Waals surface area contributed by atoms with Crippen molar-refractivity contribution in [2.45, 2.75) is 39.0 Å². The first kappa shape index (κ1) is 17.9. The fourth-order valence-electron chi connectivity index (χ4n) is 2.98. The Kier molecular flexibility index (Phi) is 5.79. The number of benzene rings is 2. The Morgan fingerprint density at radius 3 is 2.58 bits per heavy atom. The van der Waals surface area contributed by atoms with Crippen LogP contribution in [-0.4, -0.2) is 26.3 Å². The maximum absolute atomic E-state index is 11.4. The highest BCUT2D eigenvalue weighted by Crippen LogP contribution is 2.24. The molecule has 0 spiro atoms. The Balaban J connectivity index is 1.70. The van der Waals surface area contributed by atoms with Gasteiger partial charge in [0, 0.05) is 12.8 Å². The van der Waals surface area contributed by atoms with Crippen LogP contribution in [0.1, 0.15) is 53.8 Å². The van der Waals surface area contributed by atoms with Gasteiger partial charge in [-0.15, -0.1) is 0 Å². The standard InChI is InChI=1S/C21H23N3O2/c1-2-3-4-9-19-22-20(24-23-19)14-15-10-12-16(13-11-15)17-7-5-6-8-18(17)21(25)26/h5-8,10-13H,2-4,9,14H2,1H3,(H,25,26)(H,22,23,24). The van der Waals surface area contributed by atoms with Gasteiger partial charge in [0.05, 0.1) is 5.56 Å². The van der Waals surface area contributed by atoms with Crippen molar-refractivity contribution in [1.82, 2.24) is 15.2 Å². The van der Waals surface area contributed by atoms with Gasteiger partial charge in [0.1, 0.15) is 5.82 Å². The molecule has 0 amide bonds. The van der Waals surface area contributed by atoms with Gasteiger partial charge in [0.2, 0.25) is 0 Å². The van der Waals surface area contributed by atoms with Crippen LogP contribution >= 0.6 is 0 Å². The van der Waals surface area contributed by atoms with Crippen molar-refractivity contribution in [2.24, 2.45) is 0 Å². The highest BCUT2D eigenvalue weighted by atomic mass is 16.4. The van der Waals surface area contributed by atoms with E-state index in [1.54, 1.807) is 12.1 Å². The van der Waals surface area contributed by atoms with Crippen LogP contribution in [0.3, 0.4) is 0 Å². The number of unbranched alkanes of at least 4 members (excludes halogenated alkanes) is 2. The average Bonchev–Trinajstić information content (AvgIpc) is 3.10. The van der Waals surface area contributed by atoms with Crippen LogP contribution < -0.4 is 0 Å². The summed E-state index contributed by atoms with van der Waals surface area (Å²) in [4.78, 5) is 15.9. The van der Waals surface area contributed by atoms with Gasteiger partial charge in [-0.05, 0) is 29.2 Å². The van der Waals surface area contributed by atoms with Crippen LogP contribution in [-0.2, 0) is 12.8 Å². The number of aryl methyl sites for hydroxylation is 1. The molecule has 1 heterocycles. The topological polar surface area (TPSA) is 78.9 Å². The summed E-state index contributed by atoms with van der Waals surface area (Å²) in [6.07, 6.45) is 5.10. The average molecular weight is 349 g/mol. The Morgan fingerprint density at radius 2 is 1.85 bits per heavy atom. The molecule has 0 saturated heterocycles. The smallest absolute Gasteiger partial charge is 0.336 e. The number of nitrogens with zero attached hydrogens (tertiary/aromatic N) is 2. The molecular weight excluding hydrogens is 326 g/mol. The van der Waals surface area contributed by atoms with Crippen molar-refractivity contribution < 1.29 is 9.90 Å². The number of hydrogen-bond acceptors (Lipinski definition) is 3. The van der Waals surface area contributed by atoms with Crippen LogP contribution in [0.4, 0.5) is 0 Å².